The first-order valence-electron chi connectivity index (χ1n) is 10.8. The summed E-state index contributed by atoms with van der Waals surface area (Å²) in [7, 11) is 3.84. The predicted octanol–water partition coefficient (Wildman–Crippen LogP) is 3.76. The maximum absolute atomic E-state index is 12.5. The molecule has 1 aliphatic heterocycles. The zero-order valence-electron chi connectivity index (χ0n) is 17.9. The summed E-state index contributed by atoms with van der Waals surface area (Å²) in [6.45, 7) is 6.94. The zero-order chi connectivity index (χ0) is 20.6. The number of thiazole rings is 1. The molecule has 2 aromatic rings. The van der Waals surface area contributed by atoms with E-state index in [9.17, 15) is 4.79 Å². The molecule has 7 heteroatoms. The van der Waals surface area contributed by atoms with Gasteiger partial charge in [-0.3, -0.25) is 4.79 Å². The fourth-order valence-electron chi connectivity index (χ4n) is 3.73. The normalized spacial score (nSPS) is 15.2. The molecule has 1 amide bonds. The van der Waals surface area contributed by atoms with Crippen LogP contribution in [-0.4, -0.2) is 62.7 Å². The van der Waals surface area contributed by atoms with Gasteiger partial charge < -0.3 is 19.9 Å². The van der Waals surface area contributed by atoms with Crippen LogP contribution < -0.4 is 15.0 Å². The predicted molar refractivity (Wildman–Crippen MR) is 121 cm³/mol. The number of aromatic nitrogens is 1. The Balaban J connectivity index is 1.41. The highest BCUT2D eigenvalue weighted by Crippen LogP contribution is 2.33. The molecule has 1 aromatic carbocycles. The van der Waals surface area contributed by atoms with Gasteiger partial charge in [-0.25, -0.2) is 4.98 Å². The third-order valence-electron chi connectivity index (χ3n) is 5.63. The van der Waals surface area contributed by atoms with Crippen LogP contribution in [0.25, 0.3) is 10.2 Å². The second-order valence-corrected chi connectivity index (χ2v) is 8.90. The fourth-order valence-corrected chi connectivity index (χ4v) is 4.78. The number of carbonyl (C=O) groups excluding carboxylic acids is 1. The summed E-state index contributed by atoms with van der Waals surface area (Å²) in [6.07, 6.45) is 5.26. The number of piperidine rings is 1. The summed E-state index contributed by atoms with van der Waals surface area (Å²) in [5.41, 5.74) is 1.01. The lowest BCUT2D eigenvalue weighted by Crippen LogP contribution is -2.41. The minimum absolute atomic E-state index is 0.124. The van der Waals surface area contributed by atoms with Gasteiger partial charge in [0.05, 0.1) is 17.3 Å². The average Bonchev–Trinajstić information content (AvgIpc) is 3.18. The van der Waals surface area contributed by atoms with E-state index in [2.05, 4.69) is 29.1 Å². The van der Waals surface area contributed by atoms with Crippen LogP contribution in [0.4, 0.5) is 5.13 Å². The summed E-state index contributed by atoms with van der Waals surface area (Å²) < 4.78 is 6.45. The first-order valence-corrected chi connectivity index (χ1v) is 11.6. The molecule has 2 heterocycles. The van der Waals surface area contributed by atoms with Crippen molar-refractivity contribution in [3.63, 3.8) is 0 Å². The second-order valence-electron chi connectivity index (χ2n) is 7.89. The van der Waals surface area contributed by atoms with Gasteiger partial charge in [0.2, 0.25) is 5.91 Å². The minimum Gasteiger partial charge on any atom is -0.497 e. The SMILES string of the molecule is CCCCN(C)CCCNC(=O)C1CCN(c2nc3ccc(OC)cc3s2)CC1. The molecule has 3 rings (SSSR count). The van der Waals surface area contributed by atoms with E-state index in [0.717, 1.165) is 73.1 Å². The number of methoxy groups -OCH3 is 1. The molecule has 0 aliphatic carbocycles. The van der Waals surface area contributed by atoms with Gasteiger partial charge in [-0.1, -0.05) is 24.7 Å². The lowest BCUT2D eigenvalue weighted by molar-refractivity contribution is -0.125. The Bertz CT molecular complexity index is 786. The average molecular weight is 419 g/mol. The number of ether oxygens (including phenoxy) is 1. The van der Waals surface area contributed by atoms with Gasteiger partial charge in [0.1, 0.15) is 5.75 Å². The molecule has 6 nitrogen and oxygen atoms in total. The molecule has 0 atom stereocenters. The Labute approximate surface area is 178 Å². The highest BCUT2D eigenvalue weighted by Gasteiger charge is 2.26. The van der Waals surface area contributed by atoms with E-state index in [1.165, 1.54) is 12.8 Å². The van der Waals surface area contributed by atoms with Gasteiger partial charge in [0.25, 0.3) is 0 Å². The minimum atomic E-state index is 0.124. The molecule has 1 fully saturated rings. The molecule has 0 saturated carbocycles. The molecule has 1 aliphatic rings. The van der Waals surface area contributed by atoms with Gasteiger partial charge in [-0.2, -0.15) is 0 Å². The molecular formula is C22H34N4O2S. The maximum Gasteiger partial charge on any atom is 0.223 e. The smallest absolute Gasteiger partial charge is 0.223 e. The first-order chi connectivity index (χ1) is 14.1. The Kier molecular flexibility index (Phi) is 8.12. The number of nitrogens with one attached hydrogen (secondary N) is 1. The van der Waals surface area contributed by atoms with Crippen molar-refractivity contribution in [2.75, 3.05) is 51.8 Å². The summed E-state index contributed by atoms with van der Waals surface area (Å²) in [6, 6.07) is 5.99. The number of rotatable bonds is 10. The van der Waals surface area contributed by atoms with E-state index in [1.807, 2.05) is 18.2 Å². The van der Waals surface area contributed by atoms with Gasteiger partial charge in [0, 0.05) is 25.6 Å². The van der Waals surface area contributed by atoms with Crippen molar-refractivity contribution in [2.24, 2.45) is 5.92 Å². The van der Waals surface area contributed by atoms with Crippen molar-refractivity contribution in [1.29, 1.82) is 0 Å². The fraction of sp³-hybridized carbons (Fsp3) is 0.636. The van der Waals surface area contributed by atoms with Crippen LogP contribution in [0.15, 0.2) is 18.2 Å². The molecule has 0 bridgehead atoms. The number of carbonyl (C=O) groups is 1. The molecule has 0 radical (unpaired) electrons. The molecule has 1 aromatic heterocycles. The Morgan fingerprint density at radius 1 is 1.31 bits per heavy atom. The number of fused-ring (bicyclic) bond motifs is 1. The summed E-state index contributed by atoms with van der Waals surface area (Å²) in [5, 5.41) is 4.19. The van der Waals surface area contributed by atoms with Gasteiger partial charge in [-0.05, 0) is 64.0 Å². The Hall–Kier alpha value is -1.86. The molecule has 1 N–H and O–H groups in total. The monoisotopic (exact) mass is 418 g/mol. The lowest BCUT2D eigenvalue weighted by atomic mass is 9.96. The van der Waals surface area contributed by atoms with E-state index in [0.29, 0.717) is 0 Å². The van der Waals surface area contributed by atoms with E-state index in [1.54, 1.807) is 18.4 Å². The largest absolute Gasteiger partial charge is 0.497 e. The van der Waals surface area contributed by atoms with E-state index < -0.39 is 0 Å². The molecular weight excluding hydrogens is 384 g/mol. The molecule has 0 unspecified atom stereocenters. The molecule has 160 valence electrons. The van der Waals surface area contributed by atoms with E-state index in [-0.39, 0.29) is 11.8 Å². The van der Waals surface area contributed by atoms with Crippen LogP contribution in [0.3, 0.4) is 0 Å². The van der Waals surface area contributed by atoms with E-state index >= 15 is 0 Å². The second kappa shape index (κ2) is 10.8. The van der Waals surface area contributed by atoms with Crippen LogP contribution in [0.5, 0.6) is 5.75 Å². The highest BCUT2D eigenvalue weighted by molar-refractivity contribution is 7.22. The Morgan fingerprint density at radius 3 is 2.79 bits per heavy atom. The van der Waals surface area contributed by atoms with Gasteiger partial charge in [0.15, 0.2) is 5.13 Å². The number of anilines is 1. The van der Waals surface area contributed by atoms with Crippen molar-refractivity contribution in [3.8, 4) is 5.75 Å². The summed E-state index contributed by atoms with van der Waals surface area (Å²) >= 11 is 1.70. The third kappa shape index (κ3) is 6.06. The van der Waals surface area contributed by atoms with Crippen molar-refractivity contribution < 1.29 is 9.53 Å². The van der Waals surface area contributed by atoms with Crippen LogP contribution in [0.2, 0.25) is 0 Å². The van der Waals surface area contributed by atoms with Crippen LogP contribution in [0.1, 0.15) is 39.0 Å². The lowest BCUT2D eigenvalue weighted by Gasteiger charge is -2.31. The molecule has 0 spiro atoms. The Morgan fingerprint density at radius 2 is 2.07 bits per heavy atom. The number of benzene rings is 1. The number of nitrogens with zero attached hydrogens (tertiary/aromatic N) is 3. The van der Waals surface area contributed by atoms with Crippen molar-refractivity contribution in [3.05, 3.63) is 18.2 Å². The quantitative estimate of drug-likeness (QED) is 0.596. The number of hydrogen-bond acceptors (Lipinski definition) is 6. The van der Waals surface area contributed by atoms with Gasteiger partial charge in [-0.15, -0.1) is 0 Å². The van der Waals surface area contributed by atoms with Crippen LogP contribution in [0, 0.1) is 5.92 Å². The molecule has 29 heavy (non-hydrogen) atoms. The van der Waals surface area contributed by atoms with Crippen LogP contribution >= 0.6 is 11.3 Å². The van der Waals surface area contributed by atoms with E-state index in [4.69, 9.17) is 9.72 Å². The topological polar surface area (TPSA) is 57.7 Å². The number of unbranched alkanes of at least 4 members (excludes halogenated alkanes) is 1. The van der Waals surface area contributed by atoms with Crippen molar-refractivity contribution >= 4 is 32.6 Å². The van der Waals surface area contributed by atoms with Crippen molar-refractivity contribution in [1.82, 2.24) is 15.2 Å². The highest BCUT2D eigenvalue weighted by atomic mass is 32.1. The standard InChI is InChI=1S/C22H34N4O2S/c1-4-5-12-25(2)13-6-11-23-21(27)17-9-14-26(15-10-17)22-24-19-8-7-18(28-3)16-20(19)29-22/h7-8,16-17H,4-6,9-15H2,1-3H3,(H,23,27). The van der Waals surface area contributed by atoms with Gasteiger partial charge >= 0.3 is 0 Å². The van der Waals surface area contributed by atoms with Crippen molar-refractivity contribution in [2.45, 2.75) is 39.0 Å². The van der Waals surface area contributed by atoms with Crippen LogP contribution in [-0.2, 0) is 4.79 Å². The third-order valence-corrected chi connectivity index (χ3v) is 6.71. The summed E-state index contributed by atoms with van der Waals surface area (Å²) in [5.74, 6) is 1.20. The zero-order valence-corrected chi connectivity index (χ0v) is 18.8. The molecule has 1 saturated heterocycles. The first kappa shape index (κ1) is 21.8. The number of hydrogen-bond donors (Lipinski definition) is 1. The number of amides is 1. The maximum atomic E-state index is 12.5. The summed E-state index contributed by atoms with van der Waals surface area (Å²) in [4.78, 5) is 21.9.